The first-order chi connectivity index (χ1) is 13.6. The van der Waals surface area contributed by atoms with E-state index in [1.807, 2.05) is 0 Å². The number of amides is 4. The second kappa shape index (κ2) is 9.51. The zero-order chi connectivity index (χ0) is 21.9. The predicted octanol–water partition coefficient (Wildman–Crippen LogP) is -2.97. The van der Waals surface area contributed by atoms with Crippen LogP contribution in [0.3, 0.4) is 0 Å². The molecular weight excluding hydrogens is 382 g/mol. The maximum Gasteiger partial charge on any atom is 0.246 e. The van der Waals surface area contributed by atoms with E-state index in [0.29, 0.717) is 38.8 Å². The third-order valence-electron chi connectivity index (χ3n) is 5.55. The van der Waals surface area contributed by atoms with Gasteiger partial charge in [-0.2, -0.15) is 0 Å². The molecule has 0 aromatic carbocycles. The van der Waals surface area contributed by atoms with E-state index in [1.54, 1.807) is 0 Å². The molecule has 2 rings (SSSR count). The maximum atomic E-state index is 13.1. The second-order valence-electron chi connectivity index (χ2n) is 7.77. The summed E-state index contributed by atoms with van der Waals surface area (Å²) in [5.41, 5.74) is 11.0. The summed E-state index contributed by atoms with van der Waals surface area (Å²) in [5.74, 6) is -2.31. The lowest BCUT2D eigenvalue weighted by Gasteiger charge is -2.33. The fraction of sp³-hybridized carbons (Fsp3) is 0.778. The Morgan fingerprint density at radius 3 is 2.03 bits per heavy atom. The van der Waals surface area contributed by atoms with Crippen LogP contribution in [-0.2, 0) is 19.2 Å². The van der Waals surface area contributed by atoms with Crippen LogP contribution in [0.15, 0.2) is 0 Å². The molecule has 0 radical (unpaired) electrons. The fourth-order valence-corrected chi connectivity index (χ4v) is 3.86. The van der Waals surface area contributed by atoms with Gasteiger partial charge in [-0.15, -0.1) is 0 Å². The molecular formula is C18H31N5O6. The average molecular weight is 413 g/mol. The molecule has 2 aliphatic heterocycles. The number of nitrogens with two attached hydrogens (primary N) is 2. The normalized spacial score (nSPS) is 26.0. The van der Waals surface area contributed by atoms with Gasteiger partial charge in [0.1, 0.15) is 24.2 Å². The van der Waals surface area contributed by atoms with Crippen LogP contribution in [0, 0.1) is 0 Å². The summed E-state index contributed by atoms with van der Waals surface area (Å²) < 4.78 is 0. The molecule has 1 unspecified atom stereocenters. The van der Waals surface area contributed by atoms with Gasteiger partial charge in [-0.25, -0.2) is 0 Å². The Hall–Kier alpha value is -2.24. The van der Waals surface area contributed by atoms with Crippen LogP contribution in [0.1, 0.15) is 39.5 Å². The first kappa shape index (κ1) is 23.0. The van der Waals surface area contributed by atoms with Crippen LogP contribution in [0.5, 0.6) is 0 Å². The van der Waals surface area contributed by atoms with Gasteiger partial charge >= 0.3 is 0 Å². The van der Waals surface area contributed by atoms with Gasteiger partial charge in [-0.05, 0) is 39.5 Å². The number of nitrogens with one attached hydrogen (secondary N) is 1. The van der Waals surface area contributed by atoms with Gasteiger partial charge in [0.2, 0.25) is 23.6 Å². The minimum atomic E-state index is -1.26. The number of nitrogens with zero attached hydrogens (tertiary/aromatic N) is 2. The van der Waals surface area contributed by atoms with Crippen molar-refractivity contribution in [1.82, 2.24) is 15.1 Å². The predicted molar refractivity (Wildman–Crippen MR) is 102 cm³/mol. The molecule has 0 aromatic heterocycles. The van der Waals surface area contributed by atoms with Gasteiger partial charge in [-0.1, -0.05) is 0 Å². The first-order valence-electron chi connectivity index (χ1n) is 9.88. The molecule has 11 nitrogen and oxygen atoms in total. The highest BCUT2D eigenvalue weighted by Gasteiger charge is 2.43. The van der Waals surface area contributed by atoms with Crippen LogP contribution >= 0.6 is 0 Å². The molecule has 7 N–H and O–H groups in total. The van der Waals surface area contributed by atoms with Crippen LogP contribution in [0.25, 0.3) is 0 Å². The molecule has 0 bridgehead atoms. The Balaban J connectivity index is 2.11. The van der Waals surface area contributed by atoms with E-state index in [0.717, 1.165) is 0 Å². The summed E-state index contributed by atoms with van der Waals surface area (Å²) in [7, 11) is 0. The van der Waals surface area contributed by atoms with Gasteiger partial charge in [0, 0.05) is 13.1 Å². The highest BCUT2D eigenvalue weighted by molar-refractivity contribution is 5.95. The molecule has 2 fully saturated rings. The minimum absolute atomic E-state index is 0.341. The quantitative estimate of drug-likeness (QED) is 0.295. The standard InChI is InChI=1S/C18H31N5O6/c1-9(24)13(19)18(29)23-8-4-6-12(23)17(28)22-7-3-5-11(22)16(27)21-14(10(2)25)15(20)26/h9-14,24-25H,3-8,19H2,1-2H3,(H2,20,26)(H,21,27)/t9-,10-,11+,12+,13?,14+/m1/s1. The molecule has 2 heterocycles. The minimum Gasteiger partial charge on any atom is -0.391 e. The number of carbonyl (C=O) groups is 4. The summed E-state index contributed by atoms with van der Waals surface area (Å²) in [4.78, 5) is 52.5. The van der Waals surface area contributed by atoms with Crippen molar-refractivity contribution in [2.45, 2.75) is 75.9 Å². The Kier molecular flexibility index (Phi) is 7.55. The lowest BCUT2D eigenvalue weighted by Crippen LogP contribution is -2.58. The van der Waals surface area contributed by atoms with Crippen LogP contribution < -0.4 is 16.8 Å². The summed E-state index contributed by atoms with van der Waals surface area (Å²) in [6, 6.07) is -3.94. The molecule has 0 saturated carbocycles. The summed E-state index contributed by atoms with van der Waals surface area (Å²) >= 11 is 0. The van der Waals surface area contributed by atoms with E-state index in [-0.39, 0.29) is 5.91 Å². The molecule has 0 aromatic rings. The zero-order valence-corrected chi connectivity index (χ0v) is 16.8. The Labute approximate surface area is 169 Å². The lowest BCUT2D eigenvalue weighted by atomic mass is 10.1. The van der Waals surface area contributed by atoms with Gasteiger partial charge in [-0.3, -0.25) is 19.2 Å². The van der Waals surface area contributed by atoms with Crippen molar-refractivity contribution in [2.24, 2.45) is 11.5 Å². The molecule has 11 heteroatoms. The number of carbonyl (C=O) groups excluding carboxylic acids is 4. The molecule has 29 heavy (non-hydrogen) atoms. The molecule has 0 spiro atoms. The average Bonchev–Trinajstić information content (AvgIpc) is 3.32. The third kappa shape index (κ3) is 5.03. The zero-order valence-electron chi connectivity index (χ0n) is 16.8. The second-order valence-corrected chi connectivity index (χ2v) is 7.77. The lowest BCUT2D eigenvalue weighted by molar-refractivity contribution is -0.148. The Bertz CT molecular complexity index is 655. The highest BCUT2D eigenvalue weighted by atomic mass is 16.3. The van der Waals surface area contributed by atoms with Crippen molar-refractivity contribution in [1.29, 1.82) is 0 Å². The van der Waals surface area contributed by atoms with Gasteiger partial charge in [0.25, 0.3) is 0 Å². The third-order valence-corrected chi connectivity index (χ3v) is 5.55. The number of likely N-dealkylation sites (tertiary alicyclic amines) is 2. The topological polar surface area (TPSA) is 179 Å². The maximum absolute atomic E-state index is 13.1. The molecule has 164 valence electrons. The number of aliphatic hydroxyl groups is 2. The van der Waals surface area contributed by atoms with Crippen LogP contribution in [-0.4, -0.2) is 93.1 Å². The van der Waals surface area contributed by atoms with E-state index < -0.39 is 54.1 Å². The number of hydrogen-bond donors (Lipinski definition) is 5. The van der Waals surface area contributed by atoms with E-state index in [2.05, 4.69) is 5.32 Å². The fourth-order valence-electron chi connectivity index (χ4n) is 3.86. The van der Waals surface area contributed by atoms with Crippen LogP contribution in [0.4, 0.5) is 0 Å². The summed E-state index contributed by atoms with van der Waals surface area (Å²) in [6.07, 6.45) is -0.170. The number of primary amides is 1. The van der Waals surface area contributed by atoms with E-state index in [9.17, 15) is 29.4 Å². The molecule has 2 aliphatic rings. The molecule has 4 amide bonds. The number of aliphatic hydroxyl groups excluding tert-OH is 2. The van der Waals surface area contributed by atoms with Gasteiger partial charge < -0.3 is 36.8 Å². The Morgan fingerprint density at radius 2 is 1.52 bits per heavy atom. The summed E-state index contributed by atoms with van der Waals surface area (Å²) in [6.45, 7) is 3.44. The van der Waals surface area contributed by atoms with E-state index in [4.69, 9.17) is 11.5 Å². The van der Waals surface area contributed by atoms with Crippen molar-refractivity contribution in [3.05, 3.63) is 0 Å². The van der Waals surface area contributed by atoms with Crippen molar-refractivity contribution >= 4 is 23.6 Å². The molecule has 0 aliphatic carbocycles. The van der Waals surface area contributed by atoms with Crippen molar-refractivity contribution < 1.29 is 29.4 Å². The monoisotopic (exact) mass is 413 g/mol. The van der Waals surface area contributed by atoms with Crippen LogP contribution in [0.2, 0.25) is 0 Å². The Morgan fingerprint density at radius 1 is 0.966 bits per heavy atom. The van der Waals surface area contributed by atoms with E-state index >= 15 is 0 Å². The molecule has 2 saturated heterocycles. The van der Waals surface area contributed by atoms with Crippen molar-refractivity contribution in [3.8, 4) is 0 Å². The van der Waals surface area contributed by atoms with Gasteiger partial charge in [0.05, 0.1) is 12.2 Å². The SMILES string of the molecule is C[C@@H](O)C(N)C(=O)N1CCC[C@H]1C(=O)N1CCC[C@H]1C(=O)N[C@H](C(N)=O)[C@@H](C)O. The largest absolute Gasteiger partial charge is 0.391 e. The first-order valence-corrected chi connectivity index (χ1v) is 9.88. The van der Waals surface area contributed by atoms with Crippen molar-refractivity contribution in [3.63, 3.8) is 0 Å². The molecule has 6 atom stereocenters. The van der Waals surface area contributed by atoms with Gasteiger partial charge in [0.15, 0.2) is 0 Å². The number of hydrogen-bond acceptors (Lipinski definition) is 7. The number of rotatable bonds is 7. The summed E-state index contributed by atoms with van der Waals surface area (Å²) in [5, 5.41) is 21.6. The smallest absolute Gasteiger partial charge is 0.246 e. The highest BCUT2D eigenvalue weighted by Crippen LogP contribution is 2.25. The van der Waals surface area contributed by atoms with E-state index in [1.165, 1.54) is 23.6 Å². The van der Waals surface area contributed by atoms with Crippen molar-refractivity contribution in [2.75, 3.05) is 13.1 Å².